The Kier molecular flexibility index (Phi) is 5.81. The van der Waals surface area contributed by atoms with E-state index in [9.17, 15) is 14.0 Å². The number of nitrogens with one attached hydrogen (secondary N) is 2. The van der Waals surface area contributed by atoms with Crippen molar-refractivity contribution in [3.63, 3.8) is 0 Å². The van der Waals surface area contributed by atoms with Crippen molar-refractivity contribution in [3.05, 3.63) is 62.3 Å². The van der Waals surface area contributed by atoms with Crippen molar-refractivity contribution < 1.29 is 14.3 Å². The number of hydrogen-bond donors (Lipinski definition) is 3. The molecule has 24 heavy (non-hydrogen) atoms. The lowest BCUT2D eigenvalue weighted by Gasteiger charge is -2.11. The molecule has 128 valence electrons. The van der Waals surface area contributed by atoms with Gasteiger partial charge < -0.3 is 10.4 Å². The van der Waals surface area contributed by atoms with Gasteiger partial charge in [-0.2, -0.15) is 5.10 Å². The molecule has 1 aromatic carbocycles. The summed E-state index contributed by atoms with van der Waals surface area (Å²) in [5, 5.41) is 18.1. The highest BCUT2D eigenvalue weighted by atomic mass is 19.1. The van der Waals surface area contributed by atoms with Gasteiger partial charge in [-0.15, -0.1) is 0 Å². The SMILES string of the molecule is CCc1n[nH]c(=O)c(C(=O)NCc2ccc(F)c(CO)c2)c1CC. The van der Waals surface area contributed by atoms with Crippen molar-refractivity contribution in [1.82, 2.24) is 15.5 Å². The second-order valence-corrected chi connectivity index (χ2v) is 5.33. The first-order valence-corrected chi connectivity index (χ1v) is 7.78. The highest BCUT2D eigenvalue weighted by Gasteiger charge is 2.18. The second-order valence-electron chi connectivity index (χ2n) is 5.33. The molecule has 7 heteroatoms. The Hall–Kier alpha value is -2.54. The third-order valence-corrected chi connectivity index (χ3v) is 3.82. The molecular formula is C17H20FN3O3. The number of aromatic amines is 1. The van der Waals surface area contributed by atoms with Crippen LogP contribution in [0.25, 0.3) is 0 Å². The van der Waals surface area contributed by atoms with Crippen LogP contribution in [0.2, 0.25) is 0 Å². The number of aryl methyl sites for hydroxylation is 1. The molecule has 0 radical (unpaired) electrons. The summed E-state index contributed by atoms with van der Waals surface area (Å²) >= 11 is 0. The number of aliphatic hydroxyl groups is 1. The molecule has 0 aliphatic heterocycles. The van der Waals surface area contributed by atoms with E-state index >= 15 is 0 Å². The first-order valence-electron chi connectivity index (χ1n) is 7.78. The minimum Gasteiger partial charge on any atom is -0.392 e. The smallest absolute Gasteiger partial charge is 0.277 e. The Balaban J connectivity index is 2.23. The lowest BCUT2D eigenvalue weighted by atomic mass is 10.0. The molecule has 0 aliphatic rings. The Bertz CT molecular complexity index is 802. The van der Waals surface area contributed by atoms with E-state index in [0.717, 1.165) is 0 Å². The zero-order valence-corrected chi connectivity index (χ0v) is 13.6. The summed E-state index contributed by atoms with van der Waals surface area (Å²) in [5.74, 6) is -1.00. The zero-order chi connectivity index (χ0) is 17.7. The number of nitrogens with zero attached hydrogens (tertiary/aromatic N) is 1. The average molecular weight is 333 g/mol. The largest absolute Gasteiger partial charge is 0.392 e. The first-order chi connectivity index (χ1) is 11.5. The number of benzene rings is 1. The van der Waals surface area contributed by atoms with Crippen LogP contribution in [0.3, 0.4) is 0 Å². The number of carbonyl (C=O) groups excluding carboxylic acids is 1. The Morgan fingerprint density at radius 3 is 2.71 bits per heavy atom. The molecule has 1 heterocycles. The van der Waals surface area contributed by atoms with Crippen LogP contribution >= 0.6 is 0 Å². The van der Waals surface area contributed by atoms with Gasteiger partial charge >= 0.3 is 0 Å². The van der Waals surface area contributed by atoms with Crippen molar-refractivity contribution >= 4 is 5.91 Å². The maximum absolute atomic E-state index is 13.4. The fourth-order valence-electron chi connectivity index (χ4n) is 2.57. The number of amides is 1. The predicted molar refractivity (Wildman–Crippen MR) is 87.1 cm³/mol. The normalized spacial score (nSPS) is 10.7. The summed E-state index contributed by atoms with van der Waals surface area (Å²) in [6, 6.07) is 4.23. The summed E-state index contributed by atoms with van der Waals surface area (Å²) in [6.07, 6.45) is 1.13. The lowest BCUT2D eigenvalue weighted by Crippen LogP contribution is -2.32. The second kappa shape index (κ2) is 7.83. The third-order valence-electron chi connectivity index (χ3n) is 3.82. The molecule has 1 aromatic heterocycles. The van der Waals surface area contributed by atoms with Gasteiger partial charge in [0.05, 0.1) is 12.3 Å². The van der Waals surface area contributed by atoms with Gasteiger partial charge in [0, 0.05) is 12.1 Å². The monoisotopic (exact) mass is 333 g/mol. The third kappa shape index (κ3) is 3.68. The van der Waals surface area contributed by atoms with Crippen LogP contribution < -0.4 is 10.9 Å². The van der Waals surface area contributed by atoms with E-state index in [-0.39, 0.29) is 17.7 Å². The molecule has 0 aliphatic carbocycles. The number of halogens is 1. The summed E-state index contributed by atoms with van der Waals surface area (Å²) in [6.45, 7) is 3.46. The van der Waals surface area contributed by atoms with Crippen LogP contribution in [0.5, 0.6) is 0 Å². The highest BCUT2D eigenvalue weighted by Crippen LogP contribution is 2.12. The number of aromatic nitrogens is 2. The Morgan fingerprint density at radius 2 is 2.08 bits per heavy atom. The molecule has 1 amide bonds. The summed E-state index contributed by atoms with van der Waals surface area (Å²) in [4.78, 5) is 24.4. The van der Waals surface area contributed by atoms with Crippen molar-refractivity contribution in [3.8, 4) is 0 Å². The van der Waals surface area contributed by atoms with Crippen LogP contribution in [0.1, 0.15) is 46.6 Å². The van der Waals surface area contributed by atoms with E-state index in [2.05, 4.69) is 15.5 Å². The van der Waals surface area contributed by atoms with Gasteiger partial charge in [-0.25, -0.2) is 9.49 Å². The summed E-state index contributed by atoms with van der Waals surface area (Å²) in [7, 11) is 0. The quantitative estimate of drug-likeness (QED) is 0.746. The topological polar surface area (TPSA) is 95.1 Å². The molecule has 0 saturated heterocycles. The summed E-state index contributed by atoms with van der Waals surface area (Å²) < 4.78 is 13.4. The molecule has 0 fully saturated rings. The van der Waals surface area contributed by atoms with E-state index in [0.29, 0.717) is 29.7 Å². The van der Waals surface area contributed by atoms with Gasteiger partial charge in [0.25, 0.3) is 11.5 Å². The van der Waals surface area contributed by atoms with Crippen molar-refractivity contribution in [1.29, 1.82) is 0 Å². The van der Waals surface area contributed by atoms with Gasteiger partial charge in [0.15, 0.2) is 0 Å². The van der Waals surface area contributed by atoms with E-state index in [1.807, 2.05) is 13.8 Å². The minimum absolute atomic E-state index is 0.0637. The Labute approximate surface area is 138 Å². The van der Waals surface area contributed by atoms with Crippen LogP contribution in [0, 0.1) is 5.82 Å². The zero-order valence-electron chi connectivity index (χ0n) is 13.6. The van der Waals surface area contributed by atoms with E-state index < -0.39 is 23.9 Å². The van der Waals surface area contributed by atoms with E-state index in [1.54, 1.807) is 0 Å². The van der Waals surface area contributed by atoms with Gasteiger partial charge in [-0.05, 0) is 36.1 Å². The van der Waals surface area contributed by atoms with Crippen LogP contribution in [-0.2, 0) is 26.0 Å². The summed E-state index contributed by atoms with van der Waals surface area (Å²) in [5.41, 5.74) is 1.64. The molecule has 0 unspecified atom stereocenters. The molecule has 6 nitrogen and oxygen atoms in total. The van der Waals surface area contributed by atoms with Gasteiger partial charge in [-0.1, -0.05) is 19.9 Å². The first kappa shape index (κ1) is 17.8. The van der Waals surface area contributed by atoms with Gasteiger partial charge in [0.1, 0.15) is 11.4 Å². The fraction of sp³-hybridized carbons (Fsp3) is 0.353. The maximum Gasteiger partial charge on any atom is 0.277 e. The van der Waals surface area contributed by atoms with Gasteiger partial charge in [-0.3, -0.25) is 9.59 Å². The molecule has 0 bridgehead atoms. The van der Waals surface area contributed by atoms with Crippen molar-refractivity contribution in [2.24, 2.45) is 0 Å². The minimum atomic E-state index is -0.531. The fourth-order valence-corrected chi connectivity index (χ4v) is 2.57. The number of carbonyl (C=O) groups is 1. The number of H-pyrrole nitrogens is 1. The maximum atomic E-state index is 13.4. The highest BCUT2D eigenvalue weighted by molar-refractivity contribution is 5.95. The van der Waals surface area contributed by atoms with E-state index in [1.165, 1.54) is 18.2 Å². The molecule has 2 aromatic rings. The Morgan fingerprint density at radius 1 is 1.33 bits per heavy atom. The van der Waals surface area contributed by atoms with Crippen LogP contribution in [0.4, 0.5) is 4.39 Å². The molecular weight excluding hydrogens is 313 g/mol. The number of rotatable bonds is 6. The number of aliphatic hydroxyl groups excluding tert-OH is 1. The molecule has 0 spiro atoms. The number of hydrogen-bond acceptors (Lipinski definition) is 4. The predicted octanol–water partition coefficient (Wildman–Crippen LogP) is 1.46. The van der Waals surface area contributed by atoms with Gasteiger partial charge in [0.2, 0.25) is 0 Å². The van der Waals surface area contributed by atoms with E-state index in [4.69, 9.17) is 5.11 Å². The molecule has 0 saturated carbocycles. The molecule has 2 rings (SSSR count). The molecule has 0 atom stereocenters. The van der Waals surface area contributed by atoms with Crippen LogP contribution in [-0.4, -0.2) is 21.2 Å². The lowest BCUT2D eigenvalue weighted by molar-refractivity contribution is 0.0948. The standard InChI is InChI=1S/C17H20FN3O3/c1-3-12-14(4-2)20-21-17(24)15(12)16(23)19-8-10-5-6-13(18)11(7-10)9-22/h5-7,22H,3-4,8-9H2,1-2H3,(H,19,23)(H,21,24). The van der Waals surface area contributed by atoms with Crippen molar-refractivity contribution in [2.45, 2.75) is 39.8 Å². The van der Waals surface area contributed by atoms with Crippen molar-refractivity contribution in [2.75, 3.05) is 0 Å². The molecule has 3 N–H and O–H groups in total. The average Bonchev–Trinajstić information content (AvgIpc) is 2.60. The van der Waals surface area contributed by atoms with Crippen LogP contribution in [0.15, 0.2) is 23.0 Å².